The molecule has 0 aliphatic heterocycles. The first-order valence-corrected chi connectivity index (χ1v) is 3.97. The molecule has 1 aromatic carbocycles. The summed E-state index contributed by atoms with van der Waals surface area (Å²) in [4.78, 5) is 0. The molecule has 0 radical (unpaired) electrons. The highest BCUT2D eigenvalue weighted by Crippen LogP contribution is 2.14. The van der Waals surface area contributed by atoms with Crippen LogP contribution in [-0.4, -0.2) is 11.7 Å². The average molecular weight is 171 g/mol. The van der Waals surface area contributed by atoms with Crippen molar-refractivity contribution in [3.8, 4) is 0 Å². The molecule has 1 aromatic rings. The molecule has 60 valence electrons. The summed E-state index contributed by atoms with van der Waals surface area (Å²) in [5, 5.41) is 9.40. The monoisotopic (exact) mass is 170 g/mol. The number of hydrogen-bond donors (Lipinski definition) is 1. The quantitative estimate of drug-likeness (QED) is 0.722. The van der Waals surface area contributed by atoms with E-state index in [4.69, 9.17) is 16.7 Å². The second-order valence-corrected chi connectivity index (χ2v) is 3.05. The summed E-state index contributed by atoms with van der Waals surface area (Å²) in [6, 6.07) is 5.81. The Balaban J connectivity index is 2.89. The van der Waals surface area contributed by atoms with Gasteiger partial charge in [-0.15, -0.1) is 0 Å². The van der Waals surface area contributed by atoms with Gasteiger partial charge in [-0.3, -0.25) is 0 Å². The highest BCUT2D eigenvalue weighted by atomic mass is 35.5. The van der Waals surface area contributed by atoms with E-state index in [1.807, 2.05) is 25.1 Å². The summed E-state index contributed by atoms with van der Waals surface area (Å²) in [5.41, 5.74) is 2.23. The number of benzene rings is 1. The third-order valence-corrected chi connectivity index (χ3v) is 1.72. The Hall–Kier alpha value is -0.530. The predicted octanol–water partition coefficient (Wildman–Crippen LogP) is 2.18. The van der Waals surface area contributed by atoms with Crippen LogP contribution >= 0.6 is 11.6 Å². The minimum atomic E-state index is 0.180. The molecule has 0 fully saturated rings. The molecule has 0 aliphatic carbocycles. The van der Waals surface area contributed by atoms with Gasteiger partial charge in [0.1, 0.15) is 0 Å². The van der Waals surface area contributed by atoms with Crippen molar-refractivity contribution in [1.29, 1.82) is 0 Å². The smallest absolute Gasteiger partial charge is 0.0471 e. The summed E-state index contributed by atoms with van der Waals surface area (Å²) >= 11 is 5.80. The van der Waals surface area contributed by atoms with Crippen LogP contribution in [0.4, 0.5) is 0 Å². The average Bonchev–Trinajstić information content (AvgIpc) is 1.85. The zero-order chi connectivity index (χ0) is 8.27. The molecular weight excluding hydrogens is 160 g/mol. The van der Waals surface area contributed by atoms with E-state index in [1.165, 1.54) is 0 Å². The molecule has 2 heteroatoms. The molecule has 1 N–H and O–H groups in total. The van der Waals surface area contributed by atoms with Crippen LogP contribution in [0.2, 0.25) is 5.02 Å². The van der Waals surface area contributed by atoms with E-state index in [9.17, 15) is 0 Å². The molecule has 0 aliphatic rings. The highest BCUT2D eigenvalue weighted by Gasteiger charge is 1.95. The van der Waals surface area contributed by atoms with Gasteiger partial charge in [0, 0.05) is 11.6 Å². The van der Waals surface area contributed by atoms with Gasteiger partial charge >= 0.3 is 0 Å². The second-order valence-electron chi connectivity index (χ2n) is 2.61. The number of rotatable bonds is 2. The zero-order valence-corrected chi connectivity index (χ0v) is 7.23. The SMILES string of the molecule is Cc1cc(Cl)cc(CCO)c1. The van der Waals surface area contributed by atoms with Crippen LogP contribution in [0.5, 0.6) is 0 Å². The lowest BCUT2D eigenvalue weighted by Gasteiger charge is -2.00. The molecule has 0 heterocycles. The first-order valence-electron chi connectivity index (χ1n) is 3.59. The normalized spacial score (nSPS) is 10.1. The van der Waals surface area contributed by atoms with E-state index in [0.29, 0.717) is 6.42 Å². The van der Waals surface area contributed by atoms with Crippen molar-refractivity contribution < 1.29 is 5.11 Å². The van der Waals surface area contributed by atoms with Gasteiger partial charge in [-0.05, 0) is 36.6 Å². The highest BCUT2D eigenvalue weighted by molar-refractivity contribution is 6.30. The van der Waals surface area contributed by atoms with E-state index in [0.717, 1.165) is 16.1 Å². The number of aryl methyl sites for hydroxylation is 1. The molecule has 0 bridgehead atoms. The number of hydrogen-bond acceptors (Lipinski definition) is 1. The van der Waals surface area contributed by atoms with E-state index in [2.05, 4.69) is 0 Å². The van der Waals surface area contributed by atoms with Gasteiger partial charge in [0.15, 0.2) is 0 Å². The maximum Gasteiger partial charge on any atom is 0.0471 e. The molecule has 0 unspecified atom stereocenters. The van der Waals surface area contributed by atoms with Gasteiger partial charge < -0.3 is 5.11 Å². The van der Waals surface area contributed by atoms with Crippen LogP contribution in [-0.2, 0) is 6.42 Å². The van der Waals surface area contributed by atoms with Gasteiger partial charge in [-0.2, -0.15) is 0 Å². The summed E-state index contributed by atoms with van der Waals surface area (Å²) in [6.07, 6.45) is 0.682. The minimum absolute atomic E-state index is 0.180. The third kappa shape index (κ3) is 2.52. The zero-order valence-electron chi connectivity index (χ0n) is 6.47. The lowest BCUT2D eigenvalue weighted by molar-refractivity contribution is 0.299. The molecule has 0 amide bonds. The molecule has 0 spiro atoms. The Morgan fingerprint density at radius 2 is 2.09 bits per heavy atom. The van der Waals surface area contributed by atoms with Crippen molar-refractivity contribution in [1.82, 2.24) is 0 Å². The fourth-order valence-corrected chi connectivity index (χ4v) is 1.40. The Morgan fingerprint density at radius 3 is 2.64 bits per heavy atom. The Labute approximate surface area is 71.6 Å². The summed E-state index contributed by atoms with van der Waals surface area (Å²) in [6.45, 7) is 2.17. The molecule has 0 aromatic heterocycles. The first kappa shape index (κ1) is 8.57. The predicted molar refractivity (Wildman–Crippen MR) is 47.0 cm³/mol. The fourth-order valence-electron chi connectivity index (χ4n) is 1.09. The molecule has 11 heavy (non-hydrogen) atoms. The summed E-state index contributed by atoms with van der Waals surface area (Å²) in [5.74, 6) is 0. The van der Waals surface area contributed by atoms with E-state index < -0.39 is 0 Å². The second kappa shape index (κ2) is 3.74. The van der Waals surface area contributed by atoms with Crippen molar-refractivity contribution in [2.24, 2.45) is 0 Å². The van der Waals surface area contributed by atoms with Crippen LogP contribution < -0.4 is 0 Å². The standard InChI is InChI=1S/C9H11ClO/c1-7-4-8(2-3-11)6-9(10)5-7/h4-6,11H,2-3H2,1H3. The van der Waals surface area contributed by atoms with E-state index in [1.54, 1.807) is 0 Å². The molecule has 1 nitrogen and oxygen atoms in total. The van der Waals surface area contributed by atoms with Crippen LogP contribution in [0.1, 0.15) is 11.1 Å². The van der Waals surface area contributed by atoms with Gasteiger partial charge in [-0.1, -0.05) is 17.7 Å². The number of aliphatic hydroxyl groups is 1. The number of halogens is 1. The minimum Gasteiger partial charge on any atom is -0.396 e. The van der Waals surface area contributed by atoms with E-state index in [-0.39, 0.29) is 6.61 Å². The molecular formula is C9H11ClO. The largest absolute Gasteiger partial charge is 0.396 e. The third-order valence-electron chi connectivity index (χ3n) is 1.50. The van der Waals surface area contributed by atoms with Gasteiger partial charge in [0.05, 0.1) is 0 Å². The van der Waals surface area contributed by atoms with Crippen molar-refractivity contribution in [2.45, 2.75) is 13.3 Å². The molecule has 0 saturated carbocycles. The van der Waals surface area contributed by atoms with Crippen LogP contribution in [0.3, 0.4) is 0 Å². The maximum absolute atomic E-state index is 8.66. The maximum atomic E-state index is 8.66. The molecule has 0 saturated heterocycles. The van der Waals surface area contributed by atoms with Gasteiger partial charge in [0.25, 0.3) is 0 Å². The van der Waals surface area contributed by atoms with Crippen LogP contribution in [0.25, 0.3) is 0 Å². The van der Waals surface area contributed by atoms with Crippen LogP contribution in [0.15, 0.2) is 18.2 Å². The van der Waals surface area contributed by atoms with Crippen molar-refractivity contribution in [3.05, 3.63) is 34.3 Å². The van der Waals surface area contributed by atoms with Crippen molar-refractivity contribution in [3.63, 3.8) is 0 Å². The summed E-state index contributed by atoms with van der Waals surface area (Å²) in [7, 11) is 0. The summed E-state index contributed by atoms with van der Waals surface area (Å²) < 4.78 is 0. The number of aliphatic hydroxyl groups excluding tert-OH is 1. The first-order chi connectivity index (χ1) is 5.22. The Kier molecular flexibility index (Phi) is 2.92. The van der Waals surface area contributed by atoms with Crippen molar-refractivity contribution in [2.75, 3.05) is 6.61 Å². The topological polar surface area (TPSA) is 20.2 Å². The van der Waals surface area contributed by atoms with Crippen molar-refractivity contribution >= 4 is 11.6 Å². The lowest BCUT2D eigenvalue weighted by Crippen LogP contribution is -1.90. The van der Waals surface area contributed by atoms with Gasteiger partial charge in [0.2, 0.25) is 0 Å². The van der Waals surface area contributed by atoms with Crippen LogP contribution in [0, 0.1) is 6.92 Å². The molecule has 1 rings (SSSR count). The lowest BCUT2D eigenvalue weighted by atomic mass is 10.1. The van der Waals surface area contributed by atoms with Gasteiger partial charge in [-0.25, -0.2) is 0 Å². The Bertz CT molecular complexity index is 225. The molecule has 0 atom stereocenters. The van der Waals surface area contributed by atoms with E-state index >= 15 is 0 Å². The fraction of sp³-hybridized carbons (Fsp3) is 0.333. The Morgan fingerprint density at radius 1 is 1.36 bits per heavy atom.